The van der Waals surface area contributed by atoms with Crippen molar-refractivity contribution >= 4 is 17.5 Å². The zero-order valence-corrected chi connectivity index (χ0v) is 29.4. The first-order valence-electron chi connectivity index (χ1n) is 17.3. The second kappa shape index (κ2) is 9.63. The van der Waals surface area contributed by atoms with E-state index in [1.165, 1.54) is 18.3 Å². The molecular weight excluding hydrogens is 612 g/mol. The van der Waals surface area contributed by atoms with Gasteiger partial charge in [-0.05, 0) is 81.1 Å². The second-order valence-electron chi connectivity index (χ2n) is 16.6. The Balaban J connectivity index is 1.39. The number of rotatable bonds is 5. The van der Waals surface area contributed by atoms with Crippen molar-refractivity contribution < 1.29 is 43.2 Å². The minimum Gasteiger partial charge on any atom is -0.507 e. The number of methoxy groups -OCH3 is 1. The molecular formula is C39H46O9. The fourth-order valence-corrected chi connectivity index (χ4v) is 10.1. The van der Waals surface area contributed by atoms with Crippen LogP contribution in [0.2, 0.25) is 0 Å². The van der Waals surface area contributed by atoms with Crippen LogP contribution in [0.5, 0.6) is 17.2 Å². The van der Waals surface area contributed by atoms with Gasteiger partial charge in [0.1, 0.15) is 28.4 Å². The lowest BCUT2D eigenvalue weighted by Crippen LogP contribution is -2.72. The molecule has 0 radical (unpaired) electrons. The van der Waals surface area contributed by atoms with Gasteiger partial charge in [0, 0.05) is 52.9 Å². The molecule has 1 aromatic carbocycles. The van der Waals surface area contributed by atoms with Crippen LogP contribution in [0.15, 0.2) is 34.4 Å². The van der Waals surface area contributed by atoms with Gasteiger partial charge >= 0.3 is 5.97 Å². The molecule has 1 N–H and O–H groups in total. The molecule has 9 heteroatoms. The number of hydrogen-bond acceptors (Lipinski definition) is 9. The molecule has 48 heavy (non-hydrogen) atoms. The summed E-state index contributed by atoms with van der Waals surface area (Å²) in [4.78, 5) is 42.0. The maximum absolute atomic E-state index is 15.1. The van der Waals surface area contributed by atoms with Crippen LogP contribution in [0.25, 0.3) is 0 Å². The highest BCUT2D eigenvalue weighted by Gasteiger charge is 2.81. The molecule has 4 aliphatic heterocycles. The normalized spacial score (nSPS) is 37.5. The SMILES string of the molecule is COC(=O)/C(C)=C\C[C@@]12OC(C)(C)[C@@H]3C[C@@H](C=C4C(=O)c5c(O)c6c(c(CC7OC7(C)C)c5O[C@]431)O[C@]1(C)CCC(=C(C)C)[C@@H]6C1)C2=O. The number of carbonyl (C=O) groups excluding carboxylic acids is 3. The van der Waals surface area contributed by atoms with Crippen molar-refractivity contribution in [1.29, 1.82) is 0 Å². The molecule has 4 aliphatic carbocycles. The van der Waals surface area contributed by atoms with Gasteiger partial charge in [0.25, 0.3) is 0 Å². The summed E-state index contributed by atoms with van der Waals surface area (Å²) in [5.41, 5.74) is -0.117. The highest BCUT2D eigenvalue weighted by Crippen LogP contribution is 2.69. The van der Waals surface area contributed by atoms with Gasteiger partial charge < -0.3 is 28.8 Å². The lowest BCUT2D eigenvalue weighted by Gasteiger charge is -2.56. The largest absolute Gasteiger partial charge is 0.507 e. The van der Waals surface area contributed by atoms with Crippen molar-refractivity contribution in [2.24, 2.45) is 11.8 Å². The molecule has 0 aromatic heterocycles. The van der Waals surface area contributed by atoms with Gasteiger partial charge in [0.05, 0.1) is 24.4 Å². The molecule has 6 bridgehead atoms. The fourth-order valence-electron chi connectivity index (χ4n) is 10.1. The lowest BCUT2D eigenvalue weighted by molar-refractivity contribution is -0.171. The average molecular weight is 659 g/mol. The predicted octanol–water partition coefficient (Wildman–Crippen LogP) is 6.38. The van der Waals surface area contributed by atoms with E-state index in [9.17, 15) is 14.7 Å². The van der Waals surface area contributed by atoms with Crippen LogP contribution in [-0.2, 0) is 30.2 Å². The fraction of sp³-hybridized carbons (Fsp3) is 0.615. The molecule has 256 valence electrons. The summed E-state index contributed by atoms with van der Waals surface area (Å²) in [7, 11) is 1.31. The van der Waals surface area contributed by atoms with Gasteiger partial charge in [-0.25, -0.2) is 4.79 Å². The van der Waals surface area contributed by atoms with Crippen molar-refractivity contribution in [3.8, 4) is 17.2 Å². The van der Waals surface area contributed by atoms with E-state index >= 15 is 4.79 Å². The van der Waals surface area contributed by atoms with Crippen molar-refractivity contribution in [1.82, 2.24) is 0 Å². The zero-order valence-electron chi connectivity index (χ0n) is 29.4. The number of esters is 1. The Bertz CT molecular complexity index is 1820. The highest BCUT2D eigenvalue weighted by molar-refractivity contribution is 6.18. The zero-order chi connectivity index (χ0) is 34.5. The summed E-state index contributed by atoms with van der Waals surface area (Å²) >= 11 is 0. The topological polar surface area (TPSA) is 121 Å². The molecule has 2 saturated heterocycles. The maximum Gasteiger partial charge on any atom is 0.333 e. The minimum atomic E-state index is -1.58. The van der Waals surface area contributed by atoms with E-state index in [2.05, 4.69) is 20.8 Å². The Morgan fingerprint density at radius 2 is 1.77 bits per heavy atom. The summed E-state index contributed by atoms with van der Waals surface area (Å²) in [5, 5.41) is 12.3. The number of Topliss-reactive ketones (excluding diaryl/α,β-unsaturated/α-hetero) is 2. The van der Waals surface area contributed by atoms with Gasteiger partial charge in [-0.2, -0.15) is 0 Å². The third-order valence-electron chi connectivity index (χ3n) is 12.7. The molecule has 7 atom stereocenters. The number of allylic oxidation sites excluding steroid dienone is 3. The summed E-state index contributed by atoms with van der Waals surface area (Å²) < 4.78 is 32.1. The first kappa shape index (κ1) is 31.8. The molecule has 0 amide bonds. The molecule has 1 aromatic rings. The number of phenols is 1. The Morgan fingerprint density at radius 3 is 2.42 bits per heavy atom. The molecule has 8 aliphatic rings. The first-order valence-corrected chi connectivity index (χ1v) is 17.3. The van der Waals surface area contributed by atoms with Crippen LogP contribution in [0, 0.1) is 11.8 Å². The van der Waals surface area contributed by atoms with Gasteiger partial charge in [0.15, 0.2) is 22.8 Å². The van der Waals surface area contributed by atoms with Crippen LogP contribution in [0.3, 0.4) is 0 Å². The second-order valence-corrected chi connectivity index (χ2v) is 16.6. The van der Waals surface area contributed by atoms with E-state index in [1.54, 1.807) is 19.1 Å². The number of aromatic hydroxyl groups is 1. The van der Waals surface area contributed by atoms with Crippen LogP contribution in [-0.4, -0.2) is 63.9 Å². The highest BCUT2D eigenvalue weighted by atomic mass is 16.6. The van der Waals surface area contributed by atoms with E-state index in [4.69, 9.17) is 23.7 Å². The number of ketones is 2. The Morgan fingerprint density at radius 1 is 1.06 bits per heavy atom. The molecule has 1 spiro atoms. The molecule has 9 rings (SSSR count). The van der Waals surface area contributed by atoms with Crippen molar-refractivity contribution in [2.45, 2.75) is 134 Å². The molecule has 1 unspecified atom stereocenters. The maximum atomic E-state index is 15.1. The summed E-state index contributed by atoms with van der Waals surface area (Å²) in [5.74, 6) is -1.34. The summed E-state index contributed by atoms with van der Waals surface area (Å²) in [6.07, 6.45) is 6.55. The van der Waals surface area contributed by atoms with Crippen LogP contribution in [0.1, 0.15) is 115 Å². The number of epoxide rings is 1. The Kier molecular flexibility index (Phi) is 6.38. The smallest absolute Gasteiger partial charge is 0.333 e. The minimum absolute atomic E-state index is 0.0226. The number of phenolic OH excluding ortho intramolecular Hbond substituents is 1. The standard InChI is InChI=1S/C39H46O9/c1-18(2)21-11-12-37(8)17-23(21)27-30(41)28-29(40)24-14-20-15-25-35(4,5)48-38(33(20)42,13-10-19(3)34(43)44-9)39(24,25)47-32(28)22(31(27)46-37)16-26-36(6,7)45-26/h10,14,20,23,25-26,41H,11-13,15-17H2,1-9H3/b19-10-/t20-,23+,25+,26?,37-,38+,39-/m1/s1. The van der Waals surface area contributed by atoms with Gasteiger partial charge in [-0.15, -0.1) is 0 Å². The van der Waals surface area contributed by atoms with Crippen molar-refractivity contribution in [3.05, 3.63) is 51.1 Å². The quantitative estimate of drug-likeness (QED) is 0.166. The molecule has 2 saturated carbocycles. The predicted molar refractivity (Wildman–Crippen MR) is 175 cm³/mol. The van der Waals surface area contributed by atoms with E-state index in [0.29, 0.717) is 47.3 Å². The third-order valence-corrected chi connectivity index (χ3v) is 12.7. The monoisotopic (exact) mass is 658 g/mol. The van der Waals surface area contributed by atoms with Crippen LogP contribution < -0.4 is 9.47 Å². The molecule has 4 fully saturated rings. The van der Waals surface area contributed by atoms with E-state index in [1.807, 2.05) is 27.7 Å². The van der Waals surface area contributed by atoms with E-state index < -0.39 is 34.3 Å². The van der Waals surface area contributed by atoms with Crippen LogP contribution in [0.4, 0.5) is 0 Å². The van der Waals surface area contributed by atoms with Gasteiger partial charge in [0.2, 0.25) is 0 Å². The number of carbonyl (C=O) groups is 3. The Hall–Kier alpha value is -3.43. The van der Waals surface area contributed by atoms with Crippen molar-refractivity contribution in [3.63, 3.8) is 0 Å². The first-order chi connectivity index (χ1) is 22.4. The molecule has 4 heterocycles. The third kappa shape index (κ3) is 3.89. The number of hydrogen-bond donors (Lipinski definition) is 1. The summed E-state index contributed by atoms with van der Waals surface area (Å²) in [6, 6.07) is 0. The van der Waals surface area contributed by atoms with Gasteiger partial charge in [-0.1, -0.05) is 23.3 Å². The summed E-state index contributed by atoms with van der Waals surface area (Å²) in [6.45, 7) is 15.9. The van der Waals surface area contributed by atoms with E-state index in [-0.39, 0.29) is 58.6 Å². The average Bonchev–Trinajstić information content (AvgIpc) is 3.58. The van der Waals surface area contributed by atoms with E-state index in [0.717, 1.165) is 12.8 Å². The Labute approximate surface area is 281 Å². The van der Waals surface area contributed by atoms with Crippen LogP contribution >= 0.6 is 0 Å². The van der Waals surface area contributed by atoms with Crippen molar-refractivity contribution in [2.75, 3.05) is 7.11 Å². The number of ether oxygens (including phenoxy) is 5. The number of fused-ring (bicyclic) bond motifs is 5. The van der Waals surface area contributed by atoms with Gasteiger partial charge in [-0.3, -0.25) is 9.59 Å². The lowest BCUT2D eigenvalue weighted by atomic mass is 9.51. The molecule has 9 nitrogen and oxygen atoms in total. The number of benzene rings is 1.